The van der Waals surface area contributed by atoms with Crippen LogP contribution in [0.3, 0.4) is 0 Å². The number of halogens is 17. The van der Waals surface area contributed by atoms with Crippen LogP contribution >= 0.6 is 11.8 Å². The highest BCUT2D eigenvalue weighted by atomic mass is 32.2. The minimum atomic E-state index is -8.58. The molecule has 0 aliphatic rings. The lowest BCUT2D eigenvalue weighted by Crippen LogP contribution is -2.73. The van der Waals surface area contributed by atoms with E-state index in [9.17, 15) is 98.9 Å². The molecule has 0 radical (unpaired) electrons. The summed E-state index contributed by atoms with van der Waals surface area (Å²) < 4.78 is 251. The second-order valence-electron chi connectivity index (χ2n) is 13.7. The van der Waals surface area contributed by atoms with Crippen LogP contribution in [-0.2, 0) is 38.1 Å². The summed E-state index contributed by atoms with van der Waals surface area (Å²) in [5.74, 6) is -59.0. The number of aliphatic hydroxyl groups excluding tert-OH is 1. The van der Waals surface area contributed by atoms with E-state index in [4.69, 9.17) is 9.47 Å². The van der Waals surface area contributed by atoms with Crippen molar-refractivity contribution in [2.24, 2.45) is 22.7 Å². The molecule has 0 aromatic rings. The topological polar surface area (TPSA) is 125 Å². The van der Waals surface area contributed by atoms with Gasteiger partial charge in [0, 0.05) is 5.75 Å². The van der Waals surface area contributed by atoms with Gasteiger partial charge in [0.2, 0.25) is 0 Å². The first-order chi connectivity index (χ1) is 25.8. The van der Waals surface area contributed by atoms with Gasteiger partial charge in [0.1, 0.15) is 25.2 Å². The molecule has 0 aromatic carbocycles. The van der Waals surface area contributed by atoms with Gasteiger partial charge in [0.05, 0.1) is 36.2 Å². The summed E-state index contributed by atoms with van der Waals surface area (Å²) in [6.07, 6.45) is -18.2. The van der Waals surface area contributed by atoms with Crippen LogP contribution < -0.4 is 0 Å². The Balaban J connectivity index is 5.82. The maximum Gasteiger partial charge on any atom is 0.397 e. The standard InChI is InChI=1S/C31H39F17O9S/c1-7-24(5,14-23(3,4)21(52)57-11-16(49)10-56-18(50)13-58-12-15(2)19(51)54-6)22(53)55-9-8-17(27(38,39)40)25(34,35)28(41,42)30(45,46)31(47,48)29(43,44)26(36,37)20(32)33/h15-17,20,49H,7-14H2,1-6H3. The number of rotatable bonds is 24. The normalized spacial score (nSPS) is 16.6. The van der Waals surface area contributed by atoms with Gasteiger partial charge in [-0.25, -0.2) is 8.78 Å². The first kappa shape index (κ1) is 55.0. The molecule has 4 atom stereocenters. The zero-order valence-electron chi connectivity index (χ0n) is 31.0. The fourth-order valence-corrected chi connectivity index (χ4v) is 5.64. The highest BCUT2D eigenvalue weighted by Gasteiger charge is 2.92. The highest BCUT2D eigenvalue weighted by Crippen LogP contribution is 2.63. The van der Waals surface area contributed by atoms with E-state index in [-0.39, 0.29) is 11.5 Å². The SMILES string of the molecule is CCC(C)(CC(C)(C)C(=O)OCC(O)COC(=O)CSCC(C)C(=O)OC)C(=O)OCCC(C(F)(F)F)C(F)(F)C(F)(F)C(F)(F)C(F)(F)C(F)(F)C(F)(F)C(F)F. The van der Waals surface area contributed by atoms with Crippen molar-refractivity contribution < 1.29 is 118 Å². The third-order valence-corrected chi connectivity index (χ3v) is 9.63. The van der Waals surface area contributed by atoms with Crippen LogP contribution in [-0.4, -0.2) is 122 Å². The monoisotopic (exact) mass is 910 g/mol. The summed E-state index contributed by atoms with van der Waals surface area (Å²) in [5.41, 5.74) is -3.78. The maximum atomic E-state index is 14.6. The maximum absolute atomic E-state index is 14.6. The second kappa shape index (κ2) is 19.6. The summed E-state index contributed by atoms with van der Waals surface area (Å²) >= 11 is 1.00. The molecule has 0 aliphatic carbocycles. The molecule has 4 unspecified atom stereocenters. The van der Waals surface area contributed by atoms with Gasteiger partial charge in [-0.05, 0) is 40.0 Å². The Bertz CT molecular complexity index is 1410. The number of hydrogen-bond acceptors (Lipinski definition) is 10. The van der Waals surface area contributed by atoms with Crippen molar-refractivity contribution in [3.05, 3.63) is 0 Å². The van der Waals surface area contributed by atoms with Crippen molar-refractivity contribution in [1.29, 1.82) is 0 Å². The minimum absolute atomic E-state index is 0.184. The zero-order chi connectivity index (χ0) is 46.3. The molecule has 9 nitrogen and oxygen atoms in total. The van der Waals surface area contributed by atoms with E-state index < -0.39 is 140 Å². The Morgan fingerprint density at radius 2 is 1.16 bits per heavy atom. The molecule has 58 heavy (non-hydrogen) atoms. The number of methoxy groups -OCH3 is 1. The van der Waals surface area contributed by atoms with E-state index in [0.29, 0.717) is 0 Å². The van der Waals surface area contributed by atoms with E-state index >= 15 is 0 Å². The van der Waals surface area contributed by atoms with Gasteiger partial charge >= 0.3 is 72.0 Å². The summed E-state index contributed by atoms with van der Waals surface area (Å²) in [7, 11) is 1.16. The number of ether oxygens (including phenoxy) is 4. The first-order valence-electron chi connectivity index (χ1n) is 16.3. The quantitative estimate of drug-likeness (QED) is 0.0579. The fraction of sp³-hybridized carbons (Fsp3) is 0.871. The van der Waals surface area contributed by atoms with Crippen molar-refractivity contribution in [1.82, 2.24) is 0 Å². The van der Waals surface area contributed by atoms with E-state index in [2.05, 4.69) is 9.47 Å². The molecule has 0 fully saturated rings. The Labute approximate surface area is 323 Å². The van der Waals surface area contributed by atoms with Gasteiger partial charge in [-0.1, -0.05) is 13.8 Å². The number of thioether (sulfide) groups is 1. The molecule has 0 spiro atoms. The molecular weight excluding hydrogens is 871 g/mol. The van der Waals surface area contributed by atoms with E-state index in [1.807, 2.05) is 0 Å². The second-order valence-corrected chi connectivity index (χ2v) is 14.7. The number of alkyl halides is 17. The largest absolute Gasteiger partial charge is 0.469 e. The molecule has 342 valence electrons. The highest BCUT2D eigenvalue weighted by molar-refractivity contribution is 7.99. The smallest absolute Gasteiger partial charge is 0.397 e. The van der Waals surface area contributed by atoms with Crippen molar-refractivity contribution in [3.63, 3.8) is 0 Å². The van der Waals surface area contributed by atoms with Gasteiger partial charge in [0.15, 0.2) is 0 Å². The summed E-state index contributed by atoms with van der Waals surface area (Å²) in [5, 5.41) is 10.0. The Morgan fingerprint density at radius 3 is 1.59 bits per heavy atom. The number of carbonyl (C=O) groups is 4. The van der Waals surface area contributed by atoms with Crippen LogP contribution in [0.4, 0.5) is 74.6 Å². The van der Waals surface area contributed by atoms with Crippen LogP contribution in [0.25, 0.3) is 0 Å². The Morgan fingerprint density at radius 1 is 0.690 bits per heavy atom. The molecule has 0 aliphatic heterocycles. The molecule has 0 saturated heterocycles. The lowest BCUT2D eigenvalue weighted by molar-refractivity contribution is -0.442. The van der Waals surface area contributed by atoms with Crippen LogP contribution in [0, 0.1) is 22.7 Å². The molecular formula is C31H39F17O9S. The predicted molar refractivity (Wildman–Crippen MR) is 164 cm³/mol. The Kier molecular flexibility index (Phi) is 18.6. The molecule has 0 rings (SSSR count). The molecule has 0 amide bonds. The lowest BCUT2D eigenvalue weighted by atomic mass is 9.72. The fourth-order valence-electron chi connectivity index (χ4n) is 4.79. The lowest BCUT2D eigenvalue weighted by Gasteiger charge is -2.43. The van der Waals surface area contributed by atoms with Crippen LogP contribution in [0.5, 0.6) is 0 Å². The van der Waals surface area contributed by atoms with Crippen LogP contribution in [0.15, 0.2) is 0 Å². The van der Waals surface area contributed by atoms with E-state index in [1.54, 1.807) is 0 Å². The van der Waals surface area contributed by atoms with Crippen molar-refractivity contribution >= 4 is 35.6 Å². The number of carbonyl (C=O) groups excluding carboxylic acids is 4. The third-order valence-electron chi connectivity index (χ3n) is 8.46. The third kappa shape index (κ3) is 12.1. The van der Waals surface area contributed by atoms with Gasteiger partial charge in [-0.2, -0.15) is 65.9 Å². The average Bonchev–Trinajstić information content (AvgIpc) is 3.09. The van der Waals surface area contributed by atoms with E-state index in [1.165, 1.54) is 13.8 Å². The summed E-state index contributed by atoms with van der Waals surface area (Å²) in [4.78, 5) is 48.9. The van der Waals surface area contributed by atoms with Crippen LogP contribution in [0.1, 0.15) is 53.9 Å². The number of aliphatic hydroxyl groups is 1. The first-order valence-corrected chi connectivity index (χ1v) is 17.4. The molecule has 0 bridgehead atoms. The van der Waals surface area contributed by atoms with Gasteiger partial charge in [-0.15, -0.1) is 11.8 Å². The van der Waals surface area contributed by atoms with Crippen LogP contribution in [0.2, 0.25) is 0 Å². The summed E-state index contributed by atoms with van der Waals surface area (Å²) in [6, 6.07) is 0. The van der Waals surface area contributed by atoms with Gasteiger partial charge < -0.3 is 24.1 Å². The molecule has 27 heteroatoms. The van der Waals surface area contributed by atoms with Crippen molar-refractivity contribution in [3.8, 4) is 0 Å². The zero-order valence-corrected chi connectivity index (χ0v) is 31.8. The van der Waals surface area contributed by atoms with E-state index in [0.717, 1.165) is 39.6 Å². The Hall–Kier alpha value is -3.00. The average molecular weight is 911 g/mol. The van der Waals surface area contributed by atoms with Gasteiger partial charge in [-0.3, -0.25) is 19.2 Å². The number of hydrogen-bond donors (Lipinski definition) is 1. The summed E-state index contributed by atoms with van der Waals surface area (Å²) in [6.45, 7) is 2.38. The predicted octanol–water partition coefficient (Wildman–Crippen LogP) is 8.00. The van der Waals surface area contributed by atoms with Crippen molar-refractivity contribution in [2.45, 2.75) is 108 Å². The molecule has 1 N–H and O–H groups in total. The van der Waals surface area contributed by atoms with Gasteiger partial charge in [0.25, 0.3) is 0 Å². The molecule has 0 saturated carbocycles. The van der Waals surface area contributed by atoms with Crippen molar-refractivity contribution in [2.75, 3.05) is 38.4 Å². The molecule has 0 aromatic heterocycles. The minimum Gasteiger partial charge on any atom is -0.469 e. The molecule has 0 heterocycles. The number of esters is 4.